The van der Waals surface area contributed by atoms with E-state index in [4.69, 9.17) is 9.47 Å². The summed E-state index contributed by atoms with van der Waals surface area (Å²) in [7, 11) is 0. The van der Waals surface area contributed by atoms with Gasteiger partial charge in [-0.25, -0.2) is 0 Å². The molecule has 1 aliphatic carbocycles. The van der Waals surface area contributed by atoms with Gasteiger partial charge >= 0.3 is 0 Å². The first-order valence-corrected chi connectivity index (χ1v) is 9.18. The van der Waals surface area contributed by atoms with E-state index in [0.29, 0.717) is 0 Å². The van der Waals surface area contributed by atoms with E-state index in [1.165, 1.54) is 12.8 Å². The summed E-state index contributed by atoms with van der Waals surface area (Å²) in [6, 6.07) is 0. The molecule has 0 bridgehead atoms. The number of ether oxygens (including phenoxy) is 2. The molecule has 0 aromatic carbocycles. The smallest absolute Gasteiger partial charge is 0.169 e. The molecular weight excluding hydrogens is 260 g/mol. The van der Waals surface area contributed by atoms with Crippen LogP contribution < -0.4 is 0 Å². The number of hydrogen-bond donors (Lipinski definition) is 0. The molecule has 0 aromatic heterocycles. The van der Waals surface area contributed by atoms with E-state index in [1.54, 1.807) is 0 Å². The second-order valence-corrected chi connectivity index (χ2v) is 7.04. The van der Waals surface area contributed by atoms with E-state index in [-0.39, 0.29) is 11.4 Å². The lowest BCUT2D eigenvalue weighted by Gasteiger charge is -2.45. The molecule has 0 atom stereocenters. The van der Waals surface area contributed by atoms with Crippen LogP contribution in [0.5, 0.6) is 0 Å². The standard InChI is InChI=1S/C17H34O2.C2H6/c1-7-11-16(5,6)19-17(18-8-2)12-9-15(10-13-17)14(3)4;1-2/h14-15H,7-13H2,1-6H3;1-2H3. The summed E-state index contributed by atoms with van der Waals surface area (Å²) < 4.78 is 12.5. The van der Waals surface area contributed by atoms with Crippen LogP contribution in [0.25, 0.3) is 0 Å². The summed E-state index contributed by atoms with van der Waals surface area (Å²) in [6.07, 6.45) is 6.83. The fraction of sp³-hybridized carbons (Fsp3) is 1.00. The molecule has 0 aliphatic heterocycles. The molecule has 0 saturated heterocycles. The molecular formula is C19H40O2. The third kappa shape index (κ3) is 7.15. The largest absolute Gasteiger partial charge is 0.350 e. The molecule has 0 heterocycles. The van der Waals surface area contributed by atoms with Gasteiger partial charge in [-0.3, -0.25) is 0 Å². The molecule has 0 amide bonds. The maximum atomic E-state index is 6.45. The Morgan fingerprint density at radius 1 is 1.10 bits per heavy atom. The Kier molecular flexibility index (Phi) is 9.80. The molecule has 1 fully saturated rings. The molecule has 21 heavy (non-hydrogen) atoms. The summed E-state index contributed by atoms with van der Waals surface area (Å²) in [4.78, 5) is 0. The fourth-order valence-electron chi connectivity index (χ4n) is 3.44. The molecule has 128 valence electrons. The molecule has 0 aromatic rings. The monoisotopic (exact) mass is 300 g/mol. The van der Waals surface area contributed by atoms with Gasteiger partial charge in [-0.15, -0.1) is 0 Å². The van der Waals surface area contributed by atoms with Crippen LogP contribution in [0.15, 0.2) is 0 Å². The zero-order chi connectivity index (χ0) is 16.5. The van der Waals surface area contributed by atoms with E-state index in [0.717, 1.165) is 44.1 Å². The van der Waals surface area contributed by atoms with Crippen molar-refractivity contribution in [3.8, 4) is 0 Å². The second-order valence-electron chi connectivity index (χ2n) is 7.04. The van der Waals surface area contributed by atoms with Crippen LogP contribution in [0.2, 0.25) is 0 Å². The van der Waals surface area contributed by atoms with E-state index in [9.17, 15) is 0 Å². The lowest BCUT2D eigenvalue weighted by Crippen LogP contribution is -2.46. The van der Waals surface area contributed by atoms with Gasteiger partial charge < -0.3 is 9.47 Å². The van der Waals surface area contributed by atoms with Crippen molar-refractivity contribution in [3.63, 3.8) is 0 Å². The first-order chi connectivity index (χ1) is 9.84. The highest BCUT2D eigenvalue weighted by atomic mass is 16.7. The third-order valence-electron chi connectivity index (χ3n) is 4.46. The zero-order valence-electron chi connectivity index (χ0n) is 15.9. The second kappa shape index (κ2) is 9.84. The van der Waals surface area contributed by atoms with Gasteiger partial charge in [0.1, 0.15) is 0 Å². The Labute approximate surface area is 134 Å². The number of hydrogen-bond acceptors (Lipinski definition) is 2. The van der Waals surface area contributed by atoms with Crippen molar-refractivity contribution >= 4 is 0 Å². The molecule has 1 aliphatic rings. The SMILES string of the molecule is CC.CCCC(C)(C)OC1(OCC)CCC(C(C)C)CC1. The Morgan fingerprint density at radius 3 is 2.00 bits per heavy atom. The van der Waals surface area contributed by atoms with Crippen molar-refractivity contribution < 1.29 is 9.47 Å². The predicted octanol–water partition coefficient (Wildman–Crippen LogP) is 6.19. The summed E-state index contributed by atoms with van der Waals surface area (Å²) in [6.45, 7) is 18.1. The van der Waals surface area contributed by atoms with Gasteiger partial charge in [0.15, 0.2) is 5.79 Å². The molecule has 0 unspecified atom stereocenters. The van der Waals surface area contributed by atoms with Gasteiger partial charge in [-0.1, -0.05) is 41.0 Å². The average molecular weight is 301 g/mol. The quantitative estimate of drug-likeness (QED) is 0.522. The van der Waals surface area contributed by atoms with E-state index < -0.39 is 0 Å². The van der Waals surface area contributed by atoms with E-state index in [2.05, 4.69) is 41.5 Å². The molecule has 2 nitrogen and oxygen atoms in total. The van der Waals surface area contributed by atoms with Crippen molar-refractivity contribution in [2.24, 2.45) is 11.8 Å². The highest BCUT2D eigenvalue weighted by Crippen LogP contribution is 2.41. The first kappa shape index (κ1) is 20.9. The Morgan fingerprint density at radius 2 is 1.62 bits per heavy atom. The van der Waals surface area contributed by atoms with Crippen molar-refractivity contribution in [2.75, 3.05) is 6.61 Å². The lowest BCUT2D eigenvalue weighted by molar-refractivity contribution is -0.298. The molecule has 1 rings (SSSR count). The van der Waals surface area contributed by atoms with Crippen LogP contribution >= 0.6 is 0 Å². The highest BCUT2D eigenvalue weighted by molar-refractivity contribution is 4.84. The van der Waals surface area contributed by atoms with Crippen LogP contribution in [-0.2, 0) is 9.47 Å². The van der Waals surface area contributed by atoms with Crippen molar-refractivity contribution in [2.45, 2.75) is 105 Å². The topological polar surface area (TPSA) is 18.5 Å². The van der Waals surface area contributed by atoms with Gasteiger partial charge in [-0.05, 0) is 51.9 Å². The lowest BCUT2D eigenvalue weighted by atomic mass is 9.78. The normalized spacial score (nSPS) is 26.4. The summed E-state index contributed by atoms with van der Waals surface area (Å²) >= 11 is 0. The van der Waals surface area contributed by atoms with Crippen LogP contribution in [0.1, 0.15) is 93.9 Å². The Bertz CT molecular complexity index is 250. The van der Waals surface area contributed by atoms with Crippen molar-refractivity contribution in [1.82, 2.24) is 0 Å². The Balaban J connectivity index is 0.00000191. The Hall–Kier alpha value is -0.0800. The predicted molar refractivity (Wildman–Crippen MR) is 92.6 cm³/mol. The summed E-state index contributed by atoms with van der Waals surface area (Å²) in [5.74, 6) is 1.30. The summed E-state index contributed by atoms with van der Waals surface area (Å²) in [5.41, 5.74) is -0.0748. The van der Waals surface area contributed by atoms with Crippen molar-refractivity contribution in [3.05, 3.63) is 0 Å². The molecule has 0 N–H and O–H groups in total. The van der Waals surface area contributed by atoms with E-state index in [1.807, 2.05) is 13.8 Å². The van der Waals surface area contributed by atoms with Gasteiger partial charge in [0.2, 0.25) is 0 Å². The van der Waals surface area contributed by atoms with Crippen LogP contribution in [-0.4, -0.2) is 18.0 Å². The van der Waals surface area contributed by atoms with Crippen LogP contribution in [0.3, 0.4) is 0 Å². The molecule has 2 heteroatoms. The zero-order valence-corrected chi connectivity index (χ0v) is 15.9. The average Bonchev–Trinajstić information content (AvgIpc) is 2.41. The molecule has 0 radical (unpaired) electrons. The molecule has 1 saturated carbocycles. The number of rotatable bonds is 7. The van der Waals surface area contributed by atoms with E-state index >= 15 is 0 Å². The van der Waals surface area contributed by atoms with Gasteiger partial charge in [0.25, 0.3) is 0 Å². The minimum atomic E-state index is -0.321. The maximum absolute atomic E-state index is 6.45. The van der Waals surface area contributed by atoms with Gasteiger partial charge in [-0.2, -0.15) is 0 Å². The summed E-state index contributed by atoms with van der Waals surface area (Å²) in [5, 5.41) is 0. The first-order valence-electron chi connectivity index (χ1n) is 9.18. The minimum Gasteiger partial charge on any atom is -0.350 e. The van der Waals surface area contributed by atoms with Crippen LogP contribution in [0.4, 0.5) is 0 Å². The minimum absolute atomic E-state index is 0.0748. The van der Waals surface area contributed by atoms with Crippen LogP contribution in [0, 0.1) is 11.8 Å². The maximum Gasteiger partial charge on any atom is 0.169 e. The fourth-order valence-corrected chi connectivity index (χ4v) is 3.44. The highest BCUT2D eigenvalue weighted by Gasteiger charge is 2.41. The third-order valence-corrected chi connectivity index (χ3v) is 4.46. The van der Waals surface area contributed by atoms with Gasteiger partial charge in [0, 0.05) is 19.4 Å². The van der Waals surface area contributed by atoms with Gasteiger partial charge in [0.05, 0.1) is 5.60 Å². The molecule has 0 spiro atoms. The van der Waals surface area contributed by atoms with Crippen molar-refractivity contribution in [1.29, 1.82) is 0 Å².